The van der Waals surface area contributed by atoms with Crippen molar-refractivity contribution in [1.29, 1.82) is 0 Å². The van der Waals surface area contributed by atoms with Crippen molar-refractivity contribution in [3.05, 3.63) is 65.7 Å². The van der Waals surface area contributed by atoms with Crippen LogP contribution in [0.3, 0.4) is 0 Å². The summed E-state index contributed by atoms with van der Waals surface area (Å²) >= 11 is 0. The Morgan fingerprint density at radius 1 is 1.08 bits per heavy atom. The topological polar surface area (TPSA) is 42.8 Å². The highest BCUT2D eigenvalue weighted by Gasteiger charge is 2.21. The highest BCUT2D eigenvalue weighted by molar-refractivity contribution is 5.79. The molecule has 4 nitrogen and oxygen atoms in total. The first-order chi connectivity index (χ1) is 11.6. The monoisotopic (exact) mass is 327 g/mol. The summed E-state index contributed by atoms with van der Waals surface area (Å²) in [5, 5.41) is 3.01. The van der Waals surface area contributed by atoms with E-state index in [0.717, 1.165) is 22.8 Å². The molecule has 24 heavy (non-hydrogen) atoms. The third kappa shape index (κ3) is 5.39. The van der Waals surface area contributed by atoms with Gasteiger partial charge in [-0.1, -0.05) is 30.3 Å². The molecule has 2 N–H and O–H groups in total. The Kier molecular flexibility index (Phi) is 6.82. The Bertz CT molecular complexity index is 626. The lowest BCUT2D eigenvalue weighted by atomic mass is 10.1. The smallest absolute Gasteiger partial charge is 0.278 e. The second-order valence-corrected chi connectivity index (χ2v) is 6.03. The van der Waals surface area contributed by atoms with Crippen LogP contribution in [-0.2, 0) is 17.9 Å². The van der Waals surface area contributed by atoms with Crippen molar-refractivity contribution >= 4 is 5.91 Å². The van der Waals surface area contributed by atoms with E-state index in [2.05, 4.69) is 17.4 Å². The number of amides is 1. The summed E-state index contributed by atoms with van der Waals surface area (Å²) in [6, 6.07) is 17.9. The van der Waals surface area contributed by atoms with Crippen molar-refractivity contribution in [2.24, 2.45) is 0 Å². The summed E-state index contributed by atoms with van der Waals surface area (Å²) in [6.45, 7) is 5.97. The number of nitrogens with one attached hydrogen (secondary N) is 2. The Morgan fingerprint density at radius 3 is 2.38 bits per heavy atom. The van der Waals surface area contributed by atoms with Crippen molar-refractivity contribution in [2.45, 2.75) is 33.0 Å². The molecule has 2 rings (SSSR count). The van der Waals surface area contributed by atoms with Crippen molar-refractivity contribution in [2.75, 3.05) is 13.7 Å². The van der Waals surface area contributed by atoms with Gasteiger partial charge in [0.25, 0.3) is 5.91 Å². The number of hydrogen-bond acceptors (Lipinski definition) is 2. The molecule has 0 fully saturated rings. The molecule has 1 amide bonds. The van der Waals surface area contributed by atoms with E-state index in [9.17, 15) is 4.79 Å². The SMILES string of the molecule is CCOc1ccc(C[NH+](C)[C@H](C)C(=O)NCc2ccccc2)cc1. The maximum atomic E-state index is 12.3. The molecule has 0 aliphatic rings. The maximum absolute atomic E-state index is 12.3. The fraction of sp³-hybridized carbons (Fsp3) is 0.350. The number of carbonyl (C=O) groups excluding carboxylic acids is 1. The van der Waals surface area contributed by atoms with E-state index in [1.54, 1.807) is 0 Å². The molecule has 4 heteroatoms. The minimum atomic E-state index is -0.111. The van der Waals surface area contributed by atoms with E-state index < -0.39 is 0 Å². The Labute approximate surface area is 144 Å². The van der Waals surface area contributed by atoms with Gasteiger partial charge >= 0.3 is 0 Å². The first-order valence-corrected chi connectivity index (χ1v) is 8.45. The summed E-state index contributed by atoms with van der Waals surface area (Å²) in [5.41, 5.74) is 2.31. The molecule has 0 saturated heterocycles. The van der Waals surface area contributed by atoms with Crippen LogP contribution in [0.4, 0.5) is 0 Å². The van der Waals surface area contributed by atoms with Gasteiger partial charge in [0.05, 0.1) is 13.7 Å². The fourth-order valence-corrected chi connectivity index (χ4v) is 2.51. The van der Waals surface area contributed by atoms with E-state index in [0.29, 0.717) is 13.2 Å². The first-order valence-electron chi connectivity index (χ1n) is 8.45. The van der Waals surface area contributed by atoms with E-state index in [-0.39, 0.29) is 11.9 Å². The highest BCUT2D eigenvalue weighted by atomic mass is 16.5. The predicted molar refractivity (Wildman–Crippen MR) is 96.0 cm³/mol. The number of carbonyl (C=O) groups is 1. The van der Waals surface area contributed by atoms with Gasteiger partial charge in [-0.05, 0) is 43.7 Å². The molecule has 0 saturated carbocycles. The molecule has 128 valence electrons. The molecule has 1 unspecified atom stereocenters. The number of ether oxygens (including phenoxy) is 1. The summed E-state index contributed by atoms with van der Waals surface area (Å²) in [6.07, 6.45) is 0. The van der Waals surface area contributed by atoms with Crippen LogP contribution in [0.1, 0.15) is 25.0 Å². The van der Waals surface area contributed by atoms with Crippen LogP contribution < -0.4 is 15.0 Å². The van der Waals surface area contributed by atoms with E-state index in [1.807, 2.05) is 63.4 Å². The normalized spacial score (nSPS) is 13.1. The lowest BCUT2D eigenvalue weighted by Crippen LogP contribution is -3.12. The lowest BCUT2D eigenvalue weighted by Gasteiger charge is -2.21. The van der Waals surface area contributed by atoms with Gasteiger partial charge in [0.1, 0.15) is 12.3 Å². The van der Waals surface area contributed by atoms with Crippen molar-refractivity contribution in [3.63, 3.8) is 0 Å². The molecule has 0 spiro atoms. The quantitative estimate of drug-likeness (QED) is 0.776. The number of hydrogen-bond donors (Lipinski definition) is 2. The average Bonchev–Trinajstić information content (AvgIpc) is 2.61. The maximum Gasteiger partial charge on any atom is 0.278 e. The molecular formula is C20H27N2O2+. The predicted octanol–water partition coefficient (Wildman–Crippen LogP) is 1.80. The molecule has 0 heterocycles. The van der Waals surface area contributed by atoms with E-state index in [4.69, 9.17) is 4.74 Å². The van der Waals surface area contributed by atoms with Gasteiger partial charge in [-0.3, -0.25) is 4.79 Å². The van der Waals surface area contributed by atoms with Crippen molar-refractivity contribution in [3.8, 4) is 5.75 Å². The van der Waals surface area contributed by atoms with Crippen molar-refractivity contribution in [1.82, 2.24) is 5.32 Å². The van der Waals surface area contributed by atoms with Crippen LogP contribution in [0, 0.1) is 0 Å². The van der Waals surface area contributed by atoms with Crippen LogP contribution in [0.25, 0.3) is 0 Å². The van der Waals surface area contributed by atoms with Crippen LogP contribution in [0.2, 0.25) is 0 Å². The van der Waals surface area contributed by atoms with Gasteiger partial charge in [0, 0.05) is 12.1 Å². The molecule has 0 aliphatic carbocycles. The lowest BCUT2D eigenvalue weighted by molar-refractivity contribution is -0.908. The molecule has 0 aromatic heterocycles. The summed E-state index contributed by atoms with van der Waals surface area (Å²) < 4.78 is 5.45. The fourth-order valence-electron chi connectivity index (χ4n) is 2.51. The van der Waals surface area contributed by atoms with E-state index >= 15 is 0 Å². The van der Waals surface area contributed by atoms with Crippen LogP contribution in [0.5, 0.6) is 5.75 Å². The second-order valence-electron chi connectivity index (χ2n) is 6.03. The minimum absolute atomic E-state index is 0.0716. The zero-order valence-electron chi connectivity index (χ0n) is 14.7. The molecule has 2 aromatic carbocycles. The van der Waals surface area contributed by atoms with Gasteiger partial charge in [-0.25, -0.2) is 0 Å². The molecule has 0 radical (unpaired) electrons. The third-order valence-electron chi connectivity index (χ3n) is 4.16. The highest BCUT2D eigenvalue weighted by Crippen LogP contribution is 2.11. The summed E-state index contributed by atoms with van der Waals surface area (Å²) in [5.74, 6) is 0.954. The second kappa shape index (κ2) is 9.08. The third-order valence-corrected chi connectivity index (χ3v) is 4.16. The van der Waals surface area contributed by atoms with Gasteiger partial charge in [0.2, 0.25) is 0 Å². The number of likely N-dealkylation sites (N-methyl/N-ethyl adjacent to an activating group) is 1. The molecule has 0 bridgehead atoms. The molecular weight excluding hydrogens is 300 g/mol. The Morgan fingerprint density at radius 2 is 1.75 bits per heavy atom. The molecule has 0 aliphatic heterocycles. The van der Waals surface area contributed by atoms with Crippen LogP contribution >= 0.6 is 0 Å². The number of rotatable bonds is 8. The van der Waals surface area contributed by atoms with Gasteiger partial charge < -0.3 is 15.0 Å². The Hall–Kier alpha value is -2.33. The van der Waals surface area contributed by atoms with Gasteiger partial charge in [-0.2, -0.15) is 0 Å². The summed E-state index contributed by atoms with van der Waals surface area (Å²) in [7, 11) is 2.04. The minimum Gasteiger partial charge on any atom is -0.494 e. The zero-order valence-corrected chi connectivity index (χ0v) is 14.7. The molecule has 2 atom stereocenters. The van der Waals surface area contributed by atoms with Crippen LogP contribution in [-0.4, -0.2) is 25.6 Å². The average molecular weight is 327 g/mol. The van der Waals surface area contributed by atoms with Gasteiger partial charge in [0.15, 0.2) is 6.04 Å². The van der Waals surface area contributed by atoms with E-state index in [1.165, 1.54) is 5.56 Å². The largest absolute Gasteiger partial charge is 0.494 e. The number of benzene rings is 2. The number of quaternary nitrogens is 1. The molecule has 2 aromatic rings. The van der Waals surface area contributed by atoms with Crippen molar-refractivity contribution < 1.29 is 14.4 Å². The van der Waals surface area contributed by atoms with Gasteiger partial charge in [-0.15, -0.1) is 0 Å². The van der Waals surface area contributed by atoms with Crippen LogP contribution in [0.15, 0.2) is 54.6 Å². The zero-order chi connectivity index (χ0) is 17.4. The first kappa shape index (κ1) is 18.0. The Balaban J connectivity index is 1.84. The summed E-state index contributed by atoms with van der Waals surface area (Å²) in [4.78, 5) is 13.5. The standard InChI is InChI=1S/C20H26N2O2/c1-4-24-19-12-10-18(11-13-19)15-22(3)16(2)20(23)21-14-17-8-6-5-7-9-17/h5-13,16H,4,14-15H2,1-3H3,(H,21,23)/p+1/t16-/m1/s1.